The zero-order valence-electron chi connectivity index (χ0n) is 20.3. The molecular weight excluding hydrogens is 459 g/mol. The SMILES string of the molecule is C/C=C(\SCCN1CC/C=C/C=C(OC(C)(C)CO)\C=C\CC1)c1ccc(CC(F)(F)F)cc1. The van der Waals surface area contributed by atoms with Crippen molar-refractivity contribution in [2.75, 3.05) is 32.0 Å². The topological polar surface area (TPSA) is 32.7 Å². The van der Waals surface area contributed by atoms with E-state index in [4.69, 9.17) is 4.74 Å². The predicted octanol–water partition coefficient (Wildman–Crippen LogP) is 6.77. The molecule has 3 nitrogen and oxygen atoms in total. The minimum atomic E-state index is -4.19. The van der Waals surface area contributed by atoms with E-state index in [1.165, 1.54) is 0 Å². The van der Waals surface area contributed by atoms with Gasteiger partial charge in [0.1, 0.15) is 11.4 Å². The van der Waals surface area contributed by atoms with Crippen LogP contribution in [0.3, 0.4) is 0 Å². The molecular formula is C27H36F3NO2S. The smallest absolute Gasteiger partial charge is 0.393 e. The molecule has 0 amide bonds. The van der Waals surface area contributed by atoms with Gasteiger partial charge in [-0.2, -0.15) is 13.2 Å². The molecule has 1 aliphatic rings. The number of aliphatic hydroxyl groups is 1. The van der Waals surface area contributed by atoms with Gasteiger partial charge in [0.25, 0.3) is 0 Å². The molecule has 188 valence electrons. The zero-order valence-corrected chi connectivity index (χ0v) is 21.1. The van der Waals surface area contributed by atoms with Gasteiger partial charge in [-0.1, -0.05) is 48.6 Å². The van der Waals surface area contributed by atoms with Gasteiger partial charge in [-0.25, -0.2) is 0 Å². The fourth-order valence-corrected chi connectivity index (χ4v) is 4.46. The molecule has 0 unspecified atom stereocenters. The summed E-state index contributed by atoms with van der Waals surface area (Å²) in [5.41, 5.74) is 0.604. The van der Waals surface area contributed by atoms with Crippen LogP contribution in [-0.4, -0.2) is 53.8 Å². The van der Waals surface area contributed by atoms with Crippen LogP contribution in [0.5, 0.6) is 0 Å². The van der Waals surface area contributed by atoms with Crippen molar-refractivity contribution < 1.29 is 23.0 Å². The van der Waals surface area contributed by atoms with Crippen molar-refractivity contribution in [3.8, 4) is 0 Å². The van der Waals surface area contributed by atoms with Crippen LogP contribution in [0.25, 0.3) is 4.91 Å². The first-order valence-electron chi connectivity index (χ1n) is 11.6. The summed E-state index contributed by atoms with van der Waals surface area (Å²) in [7, 11) is 0. The Morgan fingerprint density at radius 1 is 1.12 bits per heavy atom. The lowest BCUT2D eigenvalue weighted by Crippen LogP contribution is -2.28. The molecule has 0 saturated carbocycles. The molecule has 2 rings (SSSR count). The summed E-state index contributed by atoms with van der Waals surface area (Å²) in [6, 6.07) is 6.67. The van der Waals surface area contributed by atoms with Gasteiger partial charge in [0, 0.05) is 30.3 Å². The van der Waals surface area contributed by atoms with Crippen LogP contribution in [-0.2, 0) is 11.2 Å². The number of allylic oxidation sites excluding steroid dienone is 4. The lowest BCUT2D eigenvalue weighted by Gasteiger charge is -2.24. The average Bonchev–Trinajstić information content (AvgIpc) is 2.82. The predicted molar refractivity (Wildman–Crippen MR) is 137 cm³/mol. The van der Waals surface area contributed by atoms with Gasteiger partial charge in [0.2, 0.25) is 0 Å². The molecule has 0 radical (unpaired) electrons. The molecule has 7 heteroatoms. The quantitative estimate of drug-likeness (QED) is 0.410. The van der Waals surface area contributed by atoms with E-state index in [9.17, 15) is 18.3 Å². The molecule has 0 bridgehead atoms. The third kappa shape index (κ3) is 11.0. The van der Waals surface area contributed by atoms with E-state index in [-0.39, 0.29) is 12.2 Å². The Bertz CT molecular complexity index is 871. The van der Waals surface area contributed by atoms with E-state index in [1.54, 1.807) is 36.0 Å². The Morgan fingerprint density at radius 2 is 1.79 bits per heavy atom. The van der Waals surface area contributed by atoms with Crippen molar-refractivity contribution in [2.24, 2.45) is 0 Å². The maximum atomic E-state index is 12.6. The Labute approximate surface area is 206 Å². The van der Waals surface area contributed by atoms with Crippen molar-refractivity contribution in [3.63, 3.8) is 0 Å². The Hall–Kier alpha value is -1.96. The second kappa shape index (κ2) is 13.8. The number of ether oxygens (including phenoxy) is 1. The molecule has 0 fully saturated rings. The van der Waals surface area contributed by atoms with Gasteiger partial charge in [0.15, 0.2) is 0 Å². The highest BCUT2D eigenvalue weighted by molar-refractivity contribution is 8.08. The summed E-state index contributed by atoms with van der Waals surface area (Å²) in [4.78, 5) is 3.50. The molecule has 1 aromatic carbocycles. The van der Waals surface area contributed by atoms with E-state index in [2.05, 4.69) is 17.1 Å². The molecule has 0 spiro atoms. The van der Waals surface area contributed by atoms with Crippen LogP contribution in [0.15, 0.2) is 66.5 Å². The number of alkyl halides is 3. The lowest BCUT2D eigenvalue weighted by molar-refractivity contribution is -0.127. The highest BCUT2D eigenvalue weighted by Gasteiger charge is 2.27. The molecule has 0 aliphatic carbocycles. The maximum absolute atomic E-state index is 12.6. The summed E-state index contributed by atoms with van der Waals surface area (Å²) in [5.74, 6) is 1.63. The van der Waals surface area contributed by atoms with Gasteiger partial charge >= 0.3 is 6.18 Å². The first kappa shape index (κ1) is 28.3. The molecule has 1 aromatic rings. The van der Waals surface area contributed by atoms with Gasteiger partial charge in [-0.15, -0.1) is 11.8 Å². The van der Waals surface area contributed by atoms with Gasteiger partial charge in [0.05, 0.1) is 13.0 Å². The standard InChI is InChI=1S/C27H36F3NO2S/c1-4-25(23-14-12-22(13-15-23)20-27(28,29)30)34-19-18-31-16-8-5-6-10-24(11-7-9-17-31)33-26(2,3)21-32/h4-7,10-15,32H,8-9,16-21H2,1-3H3/b6-5+,11-7+,24-10+,25-4-. The van der Waals surface area contributed by atoms with E-state index >= 15 is 0 Å². The van der Waals surface area contributed by atoms with Crippen molar-refractivity contribution in [1.29, 1.82) is 0 Å². The minimum Gasteiger partial charge on any atom is -0.485 e. The number of hydrogen-bond acceptors (Lipinski definition) is 4. The van der Waals surface area contributed by atoms with Crippen LogP contribution in [0, 0.1) is 0 Å². The maximum Gasteiger partial charge on any atom is 0.393 e. The third-order valence-electron chi connectivity index (χ3n) is 5.25. The summed E-state index contributed by atoms with van der Waals surface area (Å²) < 4.78 is 43.7. The minimum absolute atomic E-state index is 0.0563. The van der Waals surface area contributed by atoms with Crippen molar-refractivity contribution >= 4 is 16.7 Å². The normalized spacial score (nSPS) is 20.2. The van der Waals surface area contributed by atoms with Crippen molar-refractivity contribution in [3.05, 3.63) is 77.6 Å². The molecule has 1 aliphatic heterocycles. The molecule has 34 heavy (non-hydrogen) atoms. The van der Waals surface area contributed by atoms with Crippen LogP contribution in [0.2, 0.25) is 0 Å². The number of aliphatic hydroxyl groups excluding tert-OH is 1. The van der Waals surface area contributed by atoms with Crippen LogP contribution in [0.1, 0.15) is 44.7 Å². The molecule has 1 N–H and O–H groups in total. The fourth-order valence-electron chi connectivity index (χ4n) is 3.42. The summed E-state index contributed by atoms with van der Waals surface area (Å²) >= 11 is 1.73. The fraction of sp³-hybridized carbons (Fsp3) is 0.481. The third-order valence-corrected chi connectivity index (χ3v) is 6.42. The number of thioether (sulfide) groups is 1. The number of rotatable bonds is 9. The van der Waals surface area contributed by atoms with E-state index in [1.807, 2.05) is 45.1 Å². The monoisotopic (exact) mass is 495 g/mol. The summed E-state index contributed by atoms with van der Waals surface area (Å²) in [6.45, 7) is 8.41. The Morgan fingerprint density at radius 3 is 2.41 bits per heavy atom. The number of hydrogen-bond donors (Lipinski definition) is 1. The van der Waals surface area contributed by atoms with Gasteiger partial charge in [-0.05, 0) is 56.9 Å². The molecule has 0 saturated heterocycles. The largest absolute Gasteiger partial charge is 0.485 e. The Kier molecular flexibility index (Phi) is 11.5. The Balaban J connectivity index is 1.87. The number of benzene rings is 1. The lowest BCUT2D eigenvalue weighted by atomic mass is 10.1. The summed E-state index contributed by atoms with van der Waals surface area (Å²) in [6.07, 6.45) is 8.84. The molecule has 0 atom stereocenters. The van der Waals surface area contributed by atoms with Crippen LogP contribution < -0.4 is 0 Å². The van der Waals surface area contributed by atoms with Crippen LogP contribution in [0.4, 0.5) is 13.2 Å². The highest BCUT2D eigenvalue weighted by Crippen LogP contribution is 2.29. The molecule has 0 aromatic heterocycles. The second-order valence-corrected chi connectivity index (χ2v) is 9.97. The molecule has 1 heterocycles. The van der Waals surface area contributed by atoms with Crippen LogP contribution >= 0.6 is 11.8 Å². The van der Waals surface area contributed by atoms with Crippen molar-refractivity contribution in [1.82, 2.24) is 4.90 Å². The first-order chi connectivity index (χ1) is 16.1. The van der Waals surface area contributed by atoms with E-state index in [0.29, 0.717) is 0 Å². The van der Waals surface area contributed by atoms with Gasteiger partial charge in [-0.3, -0.25) is 0 Å². The number of halogens is 3. The average molecular weight is 496 g/mol. The highest BCUT2D eigenvalue weighted by atomic mass is 32.2. The van der Waals surface area contributed by atoms with E-state index in [0.717, 1.165) is 54.5 Å². The van der Waals surface area contributed by atoms with Gasteiger partial charge < -0.3 is 14.7 Å². The zero-order chi connectivity index (χ0) is 25.0. The second-order valence-electron chi connectivity index (χ2n) is 8.83. The first-order valence-corrected chi connectivity index (χ1v) is 12.6. The van der Waals surface area contributed by atoms with Crippen molar-refractivity contribution in [2.45, 2.75) is 51.8 Å². The van der Waals surface area contributed by atoms with E-state index < -0.39 is 18.2 Å². The number of nitrogens with zero attached hydrogens (tertiary/aromatic N) is 1. The summed E-state index contributed by atoms with van der Waals surface area (Å²) in [5, 5.41) is 9.45.